The molecular weight excluding hydrogens is 322 g/mol. The first kappa shape index (κ1) is 17.7. The third-order valence-corrected chi connectivity index (χ3v) is 5.58. The molecule has 0 radical (unpaired) electrons. The number of carbonyl (C=O) groups excluding carboxylic acids is 1. The van der Waals surface area contributed by atoms with Crippen LogP contribution >= 0.6 is 0 Å². The molecule has 0 unspecified atom stereocenters. The molecule has 1 aliphatic heterocycles. The van der Waals surface area contributed by atoms with Crippen LogP contribution in [0.4, 0.5) is 11.4 Å². The zero-order valence-electron chi connectivity index (χ0n) is 14.5. The lowest BCUT2D eigenvalue weighted by molar-refractivity contribution is -0.384. The van der Waals surface area contributed by atoms with Crippen molar-refractivity contribution in [2.24, 2.45) is 5.41 Å². The minimum atomic E-state index is -0.439. The highest BCUT2D eigenvalue weighted by Crippen LogP contribution is 2.35. The number of benzene rings is 1. The number of rotatable bonds is 6. The summed E-state index contributed by atoms with van der Waals surface area (Å²) in [4.78, 5) is 25.4. The van der Waals surface area contributed by atoms with Crippen molar-refractivity contribution in [1.82, 2.24) is 4.90 Å². The zero-order chi connectivity index (χ0) is 18.0. The van der Waals surface area contributed by atoms with Crippen LogP contribution in [0, 0.1) is 15.5 Å². The lowest BCUT2D eigenvalue weighted by atomic mass is 9.77. The molecule has 7 nitrogen and oxygen atoms in total. The fraction of sp³-hybridized carbons (Fsp3) is 0.611. The van der Waals surface area contributed by atoms with Crippen LogP contribution in [0.2, 0.25) is 0 Å². The second kappa shape index (κ2) is 7.00. The van der Waals surface area contributed by atoms with Crippen LogP contribution in [0.1, 0.15) is 49.4 Å². The molecular formula is C18H25N3O4. The highest BCUT2D eigenvalue weighted by atomic mass is 16.6. The fourth-order valence-corrected chi connectivity index (χ4v) is 3.38. The number of hydrogen-bond acceptors (Lipinski definition) is 5. The van der Waals surface area contributed by atoms with Crippen LogP contribution in [0.3, 0.4) is 0 Å². The van der Waals surface area contributed by atoms with Gasteiger partial charge in [-0.05, 0) is 49.7 Å². The van der Waals surface area contributed by atoms with E-state index in [4.69, 9.17) is 0 Å². The van der Waals surface area contributed by atoms with E-state index in [2.05, 4.69) is 12.2 Å². The Bertz CT molecular complexity index is 658. The maximum Gasteiger partial charge on any atom is 0.293 e. The molecule has 1 saturated carbocycles. The van der Waals surface area contributed by atoms with Crippen molar-refractivity contribution in [2.45, 2.75) is 45.1 Å². The minimum absolute atomic E-state index is 0.0481. The summed E-state index contributed by atoms with van der Waals surface area (Å²) in [5.74, 6) is -0.177. The van der Waals surface area contributed by atoms with Crippen LogP contribution in [-0.4, -0.2) is 46.6 Å². The number of nitrogens with zero attached hydrogens (tertiary/aromatic N) is 2. The van der Waals surface area contributed by atoms with E-state index in [0.717, 1.165) is 32.1 Å². The van der Waals surface area contributed by atoms with Gasteiger partial charge in [0.25, 0.3) is 11.6 Å². The normalized spacial score (nSPS) is 19.5. The first-order chi connectivity index (χ1) is 12.0. The Labute approximate surface area is 147 Å². The lowest BCUT2D eigenvalue weighted by Crippen LogP contribution is -2.44. The molecule has 7 heteroatoms. The molecule has 25 heavy (non-hydrogen) atoms. The van der Waals surface area contributed by atoms with Gasteiger partial charge in [0.05, 0.1) is 4.92 Å². The van der Waals surface area contributed by atoms with E-state index >= 15 is 0 Å². The molecule has 1 aromatic carbocycles. The summed E-state index contributed by atoms with van der Waals surface area (Å²) in [7, 11) is 0. The number of piperidine rings is 1. The maximum absolute atomic E-state index is 12.7. The number of aliphatic hydroxyl groups is 1. The minimum Gasteiger partial charge on any atom is -0.396 e. The van der Waals surface area contributed by atoms with Gasteiger partial charge in [-0.15, -0.1) is 0 Å². The van der Waals surface area contributed by atoms with Gasteiger partial charge in [0.15, 0.2) is 0 Å². The predicted octanol–water partition coefficient (Wildman–Crippen LogP) is 2.79. The molecule has 1 saturated heterocycles. The second-order valence-electron chi connectivity index (χ2n) is 7.21. The first-order valence-corrected chi connectivity index (χ1v) is 8.93. The molecule has 2 fully saturated rings. The van der Waals surface area contributed by atoms with E-state index < -0.39 is 4.92 Å². The second-order valence-corrected chi connectivity index (χ2v) is 7.21. The summed E-state index contributed by atoms with van der Waals surface area (Å²) in [6.45, 7) is 3.34. The number of nitro benzene ring substituents is 1. The molecule has 1 aliphatic carbocycles. The highest BCUT2D eigenvalue weighted by molar-refractivity contribution is 5.95. The molecule has 0 spiro atoms. The van der Waals surface area contributed by atoms with E-state index in [1.165, 1.54) is 6.07 Å². The van der Waals surface area contributed by atoms with Gasteiger partial charge in [-0.3, -0.25) is 14.9 Å². The quantitative estimate of drug-likeness (QED) is 0.609. The van der Waals surface area contributed by atoms with E-state index in [-0.39, 0.29) is 23.6 Å². The van der Waals surface area contributed by atoms with E-state index in [1.807, 2.05) is 0 Å². The van der Waals surface area contributed by atoms with Crippen LogP contribution in [0.25, 0.3) is 0 Å². The van der Waals surface area contributed by atoms with Crippen LogP contribution in [-0.2, 0) is 0 Å². The monoisotopic (exact) mass is 347 g/mol. The molecule has 3 rings (SSSR count). The van der Waals surface area contributed by atoms with Gasteiger partial charge in [-0.25, -0.2) is 0 Å². The largest absolute Gasteiger partial charge is 0.396 e. The fourth-order valence-electron chi connectivity index (χ4n) is 3.38. The number of anilines is 1. The van der Waals surface area contributed by atoms with Crippen molar-refractivity contribution < 1.29 is 14.8 Å². The lowest BCUT2D eigenvalue weighted by Gasteiger charge is -2.40. The molecule has 0 aromatic heterocycles. The van der Waals surface area contributed by atoms with Crippen molar-refractivity contribution in [3.63, 3.8) is 0 Å². The summed E-state index contributed by atoms with van der Waals surface area (Å²) in [6, 6.07) is 4.98. The summed E-state index contributed by atoms with van der Waals surface area (Å²) in [6.07, 6.45) is 4.45. The van der Waals surface area contributed by atoms with E-state index in [1.54, 1.807) is 17.0 Å². The molecule has 0 bridgehead atoms. The van der Waals surface area contributed by atoms with E-state index in [9.17, 15) is 20.0 Å². The van der Waals surface area contributed by atoms with Crippen LogP contribution in [0.15, 0.2) is 18.2 Å². The number of hydrogen-bond donors (Lipinski definition) is 2. The smallest absolute Gasteiger partial charge is 0.293 e. The van der Waals surface area contributed by atoms with E-state index in [0.29, 0.717) is 30.4 Å². The first-order valence-electron chi connectivity index (χ1n) is 8.93. The topological polar surface area (TPSA) is 95.7 Å². The summed E-state index contributed by atoms with van der Waals surface area (Å²) < 4.78 is 0. The van der Waals surface area contributed by atoms with Crippen molar-refractivity contribution >= 4 is 17.3 Å². The maximum atomic E-state index is 12.7. The Morgan fingerprint density at radius 3 is 2.60 bits per heavy atom. The number of nitro groups is 1. The Balaban J connectivity index is 1.74. The number of carbonyl (C=O) groups is 1. The Morgan fingerprint density at radius 1 is 1.40 bits per heavy atom. The highest BCUT2D eigenvalue weighted by Gasteiger charge is 2.34. The van der Waals surface area contributed by atoms with Crippen molar-refractivity contribution in [1.29, 1.82) is 0 Å². The van der Waals surface area contributed by atoms with Gasteiger partial charge in [0, 0.05) is 37.4 Å². The van der Waals surface area contributed by atoms with Gasteiger partial charge >= 0.3 is 0 Å². The van der Waals surface area contributed by atoms with Crippen molar-refractivity contribution in [3.05, 3.63) is 33.9 Å². The average Bonchev–Trinajstić information content (AvgIpc) is 3.45. The predicted molar refractivity (Wildman–Crippen MR) is 94.7 cm³/mol. The molecule has 1 heterocycles. The summed E-state index contributed by atoms with van der Waals surface area (Å²) >= 11 is 0. The van der Waals surface area contributed by atoms with Gasteiger partial charge < -0.3 is 15.3 Å². The third kappa shape index (κ3) is 3.76. The molecule has 2 N–H and O–H groups in total. The number of amides is 1. The molecule has 1 aromatic rings. The Morgan fingerprint density at radius 2 is 2.08 bits per heavy atom. The Kier molecular flexibility index (Phi) is 4.94. The van der Waals surface area contributed by atoms with Crippen LogP contribution in [0.5, 0.6) is 0 Å². The number of likely N-dealkylation sites (tertiary alicyclic amines) is 1. The molecule has 2 aliphatic rings. The standard InChI is InChI=1S/C18H25N3O4/c1-2-18(12-22)7-9-20(10-8-18)17(23)13-3-6-15(19-14-4-5-14)16(11-13)21(24)25/h3,6,11,14,19,22H,2,4-5,7-10,12H2,1H3. The summed E-state index contributed by atoms with van der Waals surface area (Å²) in [5.41, 5.74) is 0.683. The molecule has 0 atom stereocenters. The molecule has 136 valence electrons. The van der Waals surface area contributed by atoms with Gasteiger partial charge in [-0.2, -0.15) is 0 Å². The SMILES string of the molecule is CCC1(CO)CCN(C(=O)c2ccc(NC3CC3)c([N+](=O)[O-])c2)CC1. The third-order valence-electron chi connectivity index (χ3n) is 5.58. The van der Waals surface area contributed by atoms with Crippen molar-refractivity contribution in [2.75, 3.05) is 25.0 Å². The van der Waals surface area contributed by atoms with Gasteiger partial charge in [0.2, 0.25) is 0 Å². The average molecular weight is 347 g/mol. The zero-order valence-corrected chi connectivity index (χ0v) is 14.5. The number of nitrogens with one attached hydrogen (secondary N) is 1. The Hall–Kier alpha value is -2.15. The number of aliphatic hydroxyl groups excluding tert-OH is 1. The summed E-state index contributed by atoms with van der Waals surface area (Å²) in [5, 5.41) is 24.1. The van der Waals surface area contributed by atoms with Crippen molar-refractivity contribution in [3.8, 4) is 0 Å². The molecule has 1 amide bonds. The van der Waals surface area contributed by atoms with Gasteiger partial charge in [0.1, 0.15) is 5.69 Å². The van der Waals surface area contributed by atoms with Crippen LogP contribution < -0.4 is 5.32 Å². The van der Waals surface area contributed by atoms with Gasteiger partial charge in [-0.1, -0.05) is 6.92 Å².